The quantitative estimate of drug-likeness (QED) is 0.737. The standard InChI is InChI=1S/C12H13NO3/c1-2-15-9-12(14)16-11-6-8-13-7-4-3-5-10(11)13/h3-8H,2,9H2,1H3. The maximum Gasteiger partial charge on any atom is 0.337 e. The van der Waals surface area contributed by atoms with Crippen LogP contribution in [0.25, 0.3) is 5.52 Å². The second kappa shape index (κ2) is 4.81. The summed E-state index contributed by atoms with van der Waals surface area (Å²) in [6.07, 6.45) is 3.74. The molecule has 84 valence electrons. The van der Waals surface area contributed by atoms with Gasteiger partial charge in [0.2, 0.25) is 0 Å². The SMILES string of the molecule is CCOCC(=O)Oc1ccn2ccccc12. The third-order valence-corrected chi connectivity index (χ3v) is 2.18. The third-order valence-electron chi connectivity index (χ3n) is 2.18. The van der Waals surface area contributed by atoms with Crippen LogP contribution in [-0.4, -0.2) is 23.6 Å². The Balaban J connectivity index is 2.12. The molecule has 0 unspecified atom stereocenters. The summed E-state index contributed by atoms with van der Waals surface area (Å²) in [5.74, 6) is 0.184. The van der Waals surface area contributed by atoms with Crippen LogP contribution in [0.2, 0.25) is 0 Å². The second-order valence-electron chi connectivity index (χ2n) is 3.28. The van der Waals surface area contributed by atoms with Crippen molar-refractivity contribution >= 4 is 11.5 Å². The molecule has 0 aliphatic rings. The van der Waals surface area contributed by atoms with Crippen LogP contribution in [0.3, 0.4) is 0 Å². The lowest BCUT2D eigenvalue weighted by atomic mass is 10.4. The Kier molecular flexibility index (Phi) is 3.22. The van der Waals surface area contributed by atoms with E-state index in [1.165, 1.54) is 0 Å². The van der Waals surface area contributed by atoms with Gasteiger partial charge in [0.05, 0.1) is 5.52 Å². The molecule has 0 saturated heterocycles. The summed E-state index contributed by atoms with van der Waals surface area (Å²) in [6, 6.07) is 7.47. The van der Waals surface area contributed by atoms with E-state index in [0.717, 1.165) is 5.52 Å². The largest absolute Gasteiger partial charge is 0.423 e. The maximum absolute atomic E-state index is 11.4. The first-order valence-corrected chi connectivity index (χ1v) is 5.15. The van der Waals surface area contributed by atoms with E-state index >= 15 is 0 Å². The van der Waals surface area contributed by atoms with Gasteiger partial charge in [-0.25, -0.2) is 4.79 Å². The number of ether oxygens (including phenoxy) is 2. The van der Waals surface area contributed by atoms with Gasteiger partial charge in [0.25, 0.3) is 0 Å². The number of fused-ring (bicyclic) bond motifs is 1. The molecule has 0 amide bonds. The maximum atomic E-state index is 11.4. The van der Waals surface area contributed by atoms with Gasteiger partial charge in [0.1, 0.15) is 6.61 Å². The zero-order chi connectivity index (χ0) is 11.4. The molecule has 4 nitrogen and oxygen atoms in total. The van der Waals surface area contributed by atoms with Crippen molar-refractivity contribution in [2.24, 2.45) is 0 Å². The van der Waals surface area contributed by atoms with Gasteiger partial charge in [-0.15, -0.1) is 0 Å². The number of hydrogen-bond donors (Lipinski definition) is 0. The van der Waals surface area contributed by atoms with Gasteiger partial charge >= 0.3 is 5.97 Å². The van der Waals surface area contributed by atoms with Crippen LogP contribution in [0.15, 0.2) is 36.7 Å². The Morgan fingerprint density at radius 2 is 2.19 bits per heavy atom. The lowest BCUT2D eigenvalue weighted by molar-refractivity contribution is -0.139. The minimum atomic E-state index is -0.376. The summed E-state index contributed by atoms with van der Waals surface area (Å²) >= 11 is 0. The molecule has 16 heavy (non-hydrogen) atoms. The Labute approximate surface area is 93.4 Å². The number of carbonyl (C=O) groups is 1. The van der Waals surface area contributed by atoms with E-state index in [0.29, 0.717) is 12.4 Å². The smallest absolute Gasteiger partial charge is 0.337 e. The Morgan fingerprint density at radius 3 is 3.00 bits per heavy atom. The number of aromatic nitrogens is 1. The minimum Gasteiger partial charge on any atom is -0.423 e. The van der Waals surface area contributed by atoms with Crippen molar-refractivity contribution in [3.05, 3.63) is 36.7 Å². The molecule has 2 heterocycles. The molecule has 2 aromatic rings. The normalized spacial score (nSPS) is 10.6. The van der Waals surface area contributed by atoms with Crippen LogP contribution >= 0.6 is 0 Å². The Morgan fingerprint density at radius 1 is 1.31 bits per heavy atom. The predicted octanol–water partition coefficient (Wildman–Crippen LogP) is 1.88. The van der Waals surface area contributed by atoms with E-state index in [2.05, 4.69) is 0 Å². The van der Waals surface area contributed by atoms with Crippen molar-refractivity contribution in [1.82, 2.24) is 4.40 Å². The molecule has 2 aromatic heterocycles. The number of rotatable bonds is 4. The fraction of sp³-hybridized carbons (Fsp3) is 0.250. The molecule has 4 heteroatoms. The molecule has 0 bridgehead atoms. The summed E-state index contributed by atoms with van der Waals surface area (Å²) in [7, 11) is 0. The zero-order valence-corrected chi connectivity index (χ0v) is 9.05. The highest BCUT2D eigenvalue weighted by Crippen LogP contribution is 2.20. The van der Waals surface area contributed by atoms with Gasteiger partial charge in [-0.05, 0) is 25.1 Å². The van der Waals surface area contributed by atoms with Crippen LogP contribution in [0.4, 0.5) is 0 Å². The van der Waals surface area contributed by atoms with Gasteiger partial charge in [-0.2, -0.15) is 0 Å². The lowest BCUT2D eigenvalue weighted by Gasteiger charge is -2.03. The lowest BCUT2D eigenvalue weighted by Crippen LogP contribution is -2.15. The molecule has 0 spiro atoms. The summed E-state index contributed by atoms with van der Waals surface area (Å²) in [5, 5.41) is 0. The number of carbonyl (C=O) groups excluding carboxylic acids is 1. The summed E-state index contributed by atoms with van der Waals surface area (Å²) in [6.45, 7) is 2.33. The molecular formula is C12H13NO3. The van der Waals surface area contributed by atoms with Crippen LogP contribution in [0.5, 0.6) is 5.75 Å². The third kappa shape index (κ3) is 2.23. The average molecular weight is 219 g/mol. The molecule has 0 atom stereocenters. The fourth-order valence-electron chi connectivity index (χ4n) is 1.45. The van der Waals surface area contributed by atoms with Gasteiger partial charge in [0.15, 0.2) is 5.75 Å². The Bertz CT molecular complexity index is 490. The van der Waals surface area contributed by atoms with Crippen molar-refractivity contribution in [1.29, 1.82) is 0 Å². The number of pyridine rings is 1. The van der Waals surface area contributed by atoms with E-state index in [1.54, 1.807) is 6.07 Å². The highest BCUT2D eigenvalue weighted by molar-refractivity contribution is 5.77. The van der Waals surface area contributed by atoms with Crippen LogP contribution < -0.4 is 4.74 Å². The molecule has 0 fully saturated rings. The van der Waals surface area contributed by atoms with Crippen molar-refractivity contribution in [3.63, 3.8) is 0 Å². The molecular weight excluding hydrogens is 206 g/mol. The highest BCUT2D eigenvalue weighted by atomic mass is 16.6. The van der Waals surface area contributed by atoms with Gasteiger partial charge < -0.3 is 13.9 Å². The van der Waals surface area contributed by atoms with Crippen molar-refractivity contribution < 1.29 is 14.3 Å². The van der Waals surface area contributed by atoms with Gasteiger partial charge in [-0.1, -0.05) is 6.07 Å². The molecule has 0 aromatic carbocycles. The fourth-order valence-corrected chi connectivity index (χ4v) is 1.45. The van der Waals surface area contributed by atoms with Gasteiger partial charge in [0, 0.05) is 19.0 Å². The van der Waals surface area contributed by atoms with Gasteiger partial charge in [-0.3, -0.25) is 0 Å². The van der Waals surface area contributed by atoms with E-state index in [4.69, 9.17) is 9.47 Å². The van der Waals surface area contributed by atoms with E-state index in [1.807, 2.05) is 41.9 Å². The predicted molar refractivity (Wildman–Crippen MR) is 59.5 cm³/mol. The average Bonchev–Trinajstić information content (AvgIpc) is 2.70. The van der Waals surface area contributed by atoms with E-state index in [-0.39, 0.29) is 12.6 Å². The molecule has 0 N–H and O–H groups in total. The first-order chi connectivity index (χ1) is 7.81. The summed E-state index contributed by atoms with van der Waals surface area (Å²) < 4.78 is 12.1. The van der Waals surface area contributed by atoms with Crippen molar-refractivity contribution in [2.45, 2.75) is 6.92 Å². The molecule has 0 aliphatic heterocycles. The second-order valence-corrected chi connectivity index (χ2v) is 3.28. The number of esters is 1. The van der Waals surface area contributed by atoms with E-state index in [9.17, 15) is 4.79 Å². The van der Waals surface area contributed by atoms with Crippen LogP contribution in [0, 0.1) is 0 Å². The summed E-state index contributed by atoms with van der Waals surface area (Å²) in [4.78, 5) is 11.4. The number of hydrogen-bond acceptors (Lipinski definition) is 3. The van der Waals surface area contributed by atoms with Crippen molar-refractivity contribution in [3.8, 4) is 5.75 Å². The monoisotopic (exact) mass is 219 g/mol. The molecule has 0 aliphatic carbocycles. The summed E-state index contributed by atoms with van der Waals surface area (Å²) in [5.41, 5.74) is 0.868. The molecule has 0 saturated carbocycles. The molecule has 2 rings (SSSR count). The van der Waals surface area contributed by atoms with E-state index < -0.39 is 0 Å². The first kappa shape index (κ1) is 10.7. The molecule has 0 radical (unpaired) electrons. The van der Waals surface area contributed by atoms with Crippen molar-refractivity contribution in [2.75, 3.05) is 13.2 Å². The minimum absolute atomic E-state index is 0.0132. The van der Waals surface area contributed by atoms with Crippen LogP contribution in [0.1, 0.15) is 6.92 Å². The number of nitrogens with zero attached hydrogens (tertiary/aromatic N) is 1. The first-order valence-electron chi connectivity index (χ1n) is 5.15. The van der Waals surface area contributed by atoms with Crippen LogP contribution in [-0.2, 0) is 9.53 Å². The highest BCUT2D eigenvalue weighted by Gasteiger charge is 2.08. The topological polar surface area (TPSA) is 39.9 Å². The zero-order valence-electron chi connectivity index (χ0n) is 9.05. The Hall–Kier alpha value is -1.81.